The van der Waals surface area contributed by atoms with E-state index in [0.717, 1.165) is 4.68 Å². The normalized spacial score (nSPS) is 10.5. The van der Waals surface area contributed by atoms with Gasteiger partial charge in [-0.25, -0.2) is 4.68 Å². The summed E-state index contributed by atoms with van der Waals surface area (Å²) in [5, 5.41) is 10.8. The molecule has 0 fully saturated rings. The highest BCUT2D eigenvalue weighted by molar-refractivity contribution is 5.62. The van der Waals surface area contributed by atoms with Gasteiger partial charge in [-0.1, -0.05) is 6.08 Å². The van der Waals surface area contributed by atoms with E-state index in [1.807, 2.05) is 0 Å². The molecule has 30 heavy (non-hydrogen) atoms. The molecule has 0 atom stereocenters. The van der Waals surface area contributed by atoms with Crippen molar-refractivity contribution < 1.29 is 24.1 Å². The van der Waals surface area contributed by atoms with Crippen LogP contribution in [0.5, 0.6) is 29.4 Å². The van der Waals surface area contributed by atoms with Crippen LogP contribution in [0, 0.1) is 0 Å². The molecule has 0 saturated carbocycles. The maximum Gasteiger partial charge on any atom is 0.289 e. The predicted octanol–water partition coefficient (Wildman–Crippen LogP) is 0.812. The molecule has 0 bridgehead atoms. The Morgan fingerprint density at radius 3 is 1.83 bits per heavy atom. The van der Waals surface area contributed by atoms with Crippen molar-refractivity contribution in [1.82, 2.24) is 29.3 Å². The van der Waals surface area contributed by atoms with Crippen LogP contribution in [-0.2, 0) is 6.54 Å². The standard InChI is InChI=1S/C18H20N6O6/c1-6-7-23-16(25)14(15-19-10(27-2)8-11(20-15)28-3)17(26)24(23)18-21-12(29-4)9-13(22-18)30-5/h6,8-9,25H,1,7H2,2-5H3. The van der Waals surface area contributed by atoms with E-state index in [1.165, 1.54) is 51.3 Å². The van der Waals surface area contributed by atoms with Gasteiger partial charge in [-0.2, -0.15) is 24.6 Å². The van der Waals surface area contributed by atoms with Crippen LogP contribution < -0.4 is 24.5 Å². The van der Waals surface area contributed by atoms with Gasteiger partial charge in [0.1, 0.15) is 5.56 Å². The number of aromatic hydroxyl groups is 1. The smallest absolute Gasteiger partial charge is 0.289 e. The summed E-state index contributed by atoms with van der Waals surface area (Å²) in [6.45, 7) is 3.72. The summed E-state index contributed by atoms with van der Waals surface area (Å²) in [7, 11) is 5.64. The van der Waals surface area contributed by atoms with Crippen LogP contribution in [0.3, 0.4) is 0 Å². The molecule has 12 heteroatoms. The fourth-order valence-corrected chi connectivity index (χ4v) is 2.64. The first kappa shape index (κ1) is 20.6. The minimum atomic E-state index is -0.681. The van der Waals surface area contributed by atoms with Gasteiger partial charge < -0.3 is 24.1 Å². The molecule has 3 rings (SSSR count). The summed E-state index contributed by atoms with van der Waals surface area (Å²) in [5.74, 6) is 0.0250. The van der Waals surface area contributed by atoms with Gasteiger partial charge in [-0.05, 0) is 0 Å². The number of hydrogen-bond donors (Lipinski definition) is 1. The van der Waals surface area contributed by atoms with Gasteiger partial charge in [0.05, 0.1) is 47.1 Å². The van der Waals surface area contributed by atoms with E-state index in [0.29, 0.717) is 0 Å². The molecule has 3 heterocycles. The quantitative estimate of drug-likeness (QED) is 0.525. The fourth-order valence-electron chi connectivity index (χ4n) is 2.64. The van der Waals surface area contributed by atoms with Gasteiger partial charge in [0, 0.05) is 0 Å². The average molecular weight is 416 g/mol. The zero-order valence-electron chi connectivity index (χ0n) is 16.8. The third-order valence-corrected chi connectivity index (χ3v) is 4.01. The summed E-state index contributed by atoms with van der Waals surface area (Å²) in [4.78, 5) is 30.0. The lowest BCUT2D eigenvalue weighted by molar-refractivity contribution is 0.363. The Labute approximate surface area is 171 Å². The van der Waals surface area contributed by atoms with Crippen molar-refractivity contribution in [3.05, 3.63) is 35.1 Å². The van der Waals surface area contributed by atoms with E-state index in [9.17, 15) is 9.90 Å². The molecule has 0 aromatic carbocycles. The lowest BCUT2D eigenvalue weighted by Crippen LogP contribution is -2.24. The molecular weight excluding hydrogens is 396 g/mol. The predicted molar refractivity (Wildman–Crippen MR) is 105 cm³/mol. The van der Waals surface area contributed by atoms with E-state index in [4.69, 9.17) is 18.9 Å². The van der Waals surface area contributed by atoms with Crippen molar-refractivity contribution in [2.75, 3.05) is 28.4 Å². The summed E-state index contributed by atoms with van der Waals surface area (Å²) >= 11 is 0. The van der Waals surface area contributed by atoms with Crippen molar-refractivity contribution in [2.45, 2.75) is 6.54 Å². The number of ether oxygens (including phenoxy) is 4. The number of hydrogen-bond acceptors (Lipinski definition) is 10. The molecule has 3 aromatic heterocycles. The van der Waals surface area contributed by atoms with Crippen LogP contribution >= 0.6 is 0 Å². The SMILES string of the molecule is C=CCn1c(O)c(-c2nc(OC)cc(OC)n2)c(=O)n1-c1nc(OC)cc(OC)n1. The second kappa shape index (κ2) is 8.51. The number of rotatable bonds is 8. The van der Waals surface area contributed by atoms with Crippen LogP contribution in [0.1, 0.15) is 0 Å². The van der Waals surface area contributed by atoms with Crippen LogP contribution in [0.4, 0.5) is 0 Å². The molecular formula is C18H20N6O6. The molecule has 0 aliphatic heterocycles. The molecule has 3 aromatic rings. The lowest BCUT2D eigenvalue weighted by Gasteiger charge is -2.10. The van der Waals surface area contributed by atoms with Gasteiger partial charge in [0.15, 0.2) is 5.82 Å². The van der Waals surface area contributed by atoms with Crippen molar-refractivity contribution in [2.24, 2.45) is 0 Å². The Morgan fingerprint density at radius 2 is 1.40 bits per heavy atom. The Balaban J connectivity index is 2.33. The zero-order chi connectivity index (χ0) is 21.8. The third kappa shape index (κ3) is 3.62. The maximum atomic E-state index is 13.3. The molecule has 12 nitrogen and oxygen atoms in total. The lowest BCUT2D eigenvalue weighted by atomic mass is 10.3. The largest absolute Gasteiger partial charge is 0.493 e. The number of aromatic nitrogens is 6. The number of allylic oxidation sites excluding steroid dienone is 1. The minimum absolute atomic E-state index is 0.0606. The molecule has 158 valence electrons. The molecule has 0 amide bonds. The van der Waals surface area contributed by atoms with E-state index >= 15 is 0 Å². The molecule has 0 saturated heterocycles. The average Bonchev–Trinajstić information content (AvgIpc) is 3.02. The molecule has 0 aliphatic rings. The van der Waals surface area contributed by atoms with E-state index in [1.54, 1.807) is 0 Å². The molecule has 0 spiro atoms. The summed E-state index contributed by atoms with van der Waals surface area (Å²) < 4.78 is 22.8. The maximum absolute atomic E-state index is 13.3. The first-order valence-electron chi connectivity index (χ1n) is 8.57. The van der Waals surface area contributed by atoms with Gasteiger partial charge in [0.2, 0.25) is 29.4 Å². The highest BCUT2D eigenvalue weighted by atomic mass is 16.5. The number of methoxy groups -OCH3 is 4. The zero-order valence-corrected chi connectivity index (χ0v) is 16.8. The van der Waals surface area contributed by atoms with Crippen molar-refractivity contribution in [3.8, 4) is 46.7 Å². The highest BCUT2D eigenvalue weighted by Crippen LogP contribution is 2.29. The van der Waals surface area contributed by atoms with E-state index in [2.05, 4.69) is 26.5 Å². The van der Waals surface area contributed by atoms with Crippen molar-refractivity contribution in [3.63, 3.8) is 0 Å². The summed E-state index contributed by atoms with van der Waals surface area (Å²) in [6.07, 6.45) is 1.49. The summed E-state index contributed by atoms with van der Waals surface area (Å²) in [6, 6.07) is 2.89. The Kier molecular flexibility index (Phi) is 5.85. The molecule has 0 unspecified atom stereocenters. The van der Waals surface area contributed by atoms with E-state index in [-0.39, 0.29) is 47.4 Å². The Bertz CT molecular complexity index is 1090. The topological polar surface area (TPSA) is 136 Å². The molecule has 1 N–H and O–H groups in total. The molecule has 0 aliphatic carbocycles. The van der Waals surface area contributed by atoms with Crippen LogP contribution in [0.2, 0.25) is 0 Å². The van der Waals surface area contributed by atoms with Crippen molar-refractivity contribution >= 4 is 0 Å². The third-order valence-electron chi connectivity index (χ3n) is 4.01. The molecule has 0 radical (unpaired) electrons. The first-order chi connectivity index (χ1) is 14.5. The van der Waals surface area contributed by atoms with Gasteiger partial charge >= 0.3 is 0 Å². The van der Waals surface area contributed by atoms with Crippen LogP contribution in [0.15, 0.2) is 29.6 Å². The summed E-state index contributed by atoms with van der Waals surface area (Å²) in [5.41, 5.74) is -0.876. The Hall–Kier alpha value is -4.09. The first-order valence-corrected chi connectivity index (χ1v) is 8.57. The Morgan fingerprint density at radius 1 is 0.933 bits per heavy atom. The van der Waals surface area contributed by atoms with Gasteiger partial charge in [0.25, 0.3) is 11.5 Å². The van der Waals surface area contributed by atoms with Crippen LogP contribution in [0.25, 0.3) is 17.3 Å². The van der Waals surface area contributed by atoms with Gasteiger partial charge in [-0.3, -0.25) is 4.79 Å². The fraction of sp³-hybridized carbons (Fsp3) is 0.278. The minimum Gasteiger partial charge on any atom is -0.493 e. The van der Waals surface area contributed by atoms with E-state index < -0.39 is 11.4 Å². The second-order valence-corrected chi connectivity index (χ2v) is 5.72. The van der Waals surface area contributed by atoms with Crippen LogP contribution in [-0.4, -0.2) is 62.8 Å². The second-order valence-electron chi connectivity index (χ2n) is 5.72. The number of nitrogens with zero attached hydrogens (tertiary/aromatic N) is 6. The highest BCUT2D eigenvalue weighted by Gasteiger charge is 2.26. The monoisotopic (exact) mass is 416 g/mol. The van der Waals surface area contributed by atoms with Gasteiger partial charge in [-0.15, -0.1) is 6.58 Å². The van der Waals surface area contributed by atoms with Crippen molar-refractivity contribution in [1.29, 1.82) is 0 Å².